The molecule has 1 rings (SSSR count). The van der Waals surface area contributed by atoms with Crippen molar-refractivity contribution in [3.63, 3.8) is 0 Å². The molecule has 0 spiro atoms. The Bertz CT molecular complexity index is 338. The van der Waals surface area contributed by atoms with Crippen LogP contribution in [0.5, 0.6) is 0 Å². The van der Waals surface area contributed by atoms with Gasteiger partial charge in [-0.25, -0.2) is 0 Å². The summed E-state index contributed by atoms with van der Waals surface area (Å²) in [4.78, 5) is 15.9. The average Bonchev–Trinajstić information content (AvgIpc) is 2.25. The maximum Gasteiger partial charge on any atom is 0.170 e. The van der Waals surface area contributed by atoms with E-state index in [9.17, 15) is 4.79 Å². The van der Waals surface area contributed by atoms with Crippen LogP contribution in [0.4, 0.5) is 5.69 Å². The number of pyridine rings is 1. The molecule has 1 aromatic rings. The molecule has 0 bridgehead atoms. The fourth-order valence-electron chi connectivity index (χ4n) is 1.54. The standard InChI is InChI=1S/C11H17N3O/c1-2-3-8(6-12)11(15)9-7-14-5-4-10(9)13/h4-5,7-8H,2-3,6,12H2,1H3,(H2,13,14). The lowest BCUT2D eigenvalue weighted by Gasteiger charge is -2.13. The molecule has 1 heterocycles. The number of aromatic nitrogens is 1. The lowest BCUT2D eigenvalue weighted by Crippen LogP contribution is -2.24. The first-order chi connectivity index (χ1) is 7.20. The molecule has 0 aliphatic rings. The van der Waals surface area contributed by atoms with Crippen LogP contribution in [0.3, 0.4) is 0 Å². The molecule has 0 radical (unpaired) electrons. The SMILES string of the molecule is CCCC(CN)C(=O)c1cnccc1N. The summed E-state index contributed by atoms with van der Waals surface area (Å²) >= 11 is 0. The topological polar surface area (TPSA) is 82.0 Å². The Morgan fingerprint density at radius 3 is 2.87 bits per heavy atom. The van der Waals surface area contributed by atoms with E-state index < -0.39 is 0 Å². The van der Waals surface area contributed by atoms with E-state index in [4.69, 9.17) is 11.5 Å². The number of ketones is 1. The molecule has 4 heteroatoms. The van der Waals surface area contributed by atoms with Gasteiger partial charge in [-0.2, -0.15) is 0 Å². The zero-order valence-electron chi connectivity index (χ0n) is 8.94. The number of carbonyl (C=O) groups excluding carboxylic acids is 1. The first-order valence-corrected chi connectivity index (χ1v) is 5.14. The van der Waals surface area contributed by atoms with Gasteiger partial charge in [0.2, 0.25) is 0 Å². The van der Waals surface area contributed by atoms with Crippen molar-refractivity contribution in [1.29, 1.82) is 0 Å². The van der Waals surface area contributed by atoms with Gasteiger partial charge in [0.15, 0.2) is 5.78 Å². The molecule has 0 aliphatic heterocycles. The van der Waals surface area contributed by atoms with Crippen LogP contribution in [-0.4, -0.2) is 17.3 Å². The number of carbonyl (C=O) groups is 1. The molecule has 0 saturated carbocycles. The van der Waals surface area contributed by atoms with Gasteiger partial charge in [-0.15, -0.1) is 0 Å². The predicted octanol–water partition coefficient (Wildman–Crippen LogP) is 1.22. The third-order valence-electron chi connectivity index (χ3n) is 2.41. The van der Waals surface area contributed by atoms with Crippen LogP contribution in [0.1, 0.15) is 30.1 Å². The summed E-state index contributed by atoms with van der Waals surface area (Å²) in [5, 5.41) is 0. The summed E-state index contributed by atoms with van der Waals surface area (Å²) in [5.41, 5.74) is 12.2. The molecule has 1 atom stereocenters. The number of nitrogen functional groups attached to an aromatic ring is 1. The smallest absolute Gasteiger partial charge is 0.170 e. The summed E-state index contributed by atoms with van der Waals surface area (Å²) in [5.74, 6) is -0.133. The lowest BCUT2D eigenvalue weighted by atomic mass is 9.94. The molecular weight excluding hydrogens is 190 g/mol. The molecule has 0 saturated heterocycles. The Balaban J connectivity index is 2.88. The molecule has 15 heavy (non-hydrogen) atoms. The average molecular weight is 207 g/mol. The van der Waals surface area contributed by atoms with Crippen molar-refractivity contribution in [3.8, 4) is 0 Å². The van der Waals surface area contributed by atoms with Crippen LogP contribution in [0.2, 0.25) is 0 Å². The van der Waals surface area contributed by atoms with Crippen LogP contribution in [0.15, 0.2) is 18.5 Å². The molecule has 0 amide bonds. The Morgan fingerprint density at radius 1 is 1.60 bits per heavy atom. The number of anilines is 1. The minimum atomic E-state index is -0.138. The second kappa shape index (κ2) is 5.46. The number of Topliss-reactive ketones (excluding diaryl/α,β-unsaturated/α-hetero) is 1. The number of hydrogen-bond acceptors (Lipinski definition) is 4. The summed E-state index contributed by atoms with van der Waals surface area (Å²) in [6.07, 6.45) is 4.82. The number of nitrogens with two attached hydrogens (primary N) is 2. The Kier molecular flexibility index (Phi) is 4.24. The molecule has 1 aromatic heterocycles. The minimum Gasteiger partial charge on any atom is -0.398 e. The van der Waals surface area contributed by atoms with Crippen LogP contribution in [0, 0.1) is 5.92 Å². The van der Waals surface area contributed by atoms with Crippen molar-refractivity contribution in [2.75, 3.05) is 12.3 Å². The molecule has 1 unspecified atom stereocenters. The van der Waals surface area contributed by atoms with Crippen LogP contribution >= 0.6 is 0 Å². The van der Waals surface area contributed by atoms with Gasteiger partial charge >= 0.3 is 0 Å². The van der Waals surface area contributed by atoms with E-state index in [0.29, 0.717) is 17.8 Å². The van der Waals surface area contributed by atoms with Gasteiger partial charge < -0.3 is 11.5 Å². The molecule has 4 nitrogen and oxygen atoms in total. The van der Waals surface area contributed by atoms with Gasteiger partial charge in [-0.1, -0.05) is 13.3 Å². The van der Waals surface area contributed by atoms with Gasteiger partial charge in [0.05, 0.1) is 5.56 Å². The quantitative estimate of drug-likeness (QED) is 0.711. The Morgan fingerprint density at radius 2 is 2.33 bits per heavy atom. The van der Waals surface area contributed by atoms with E-state index in [0.717, 1.165) is 12.8 Å². The first kappa shape index (κ1) is 11.7. The molecule has 4 N–H and O–H groups in total. The Hall–Kier alpha value is -1.42. The van der Waals surface area contributed by atoms with Crippen molar-refractivity contribution in [3.05, 3.63) is 24.0 Å². The van der Waals surface area contributed by atoms with Gasteiger partial charge in [0.1, 0.15) is 0 Å². The minimum absolute atomic E-state index is 0.00458. The third kappa shape index (κ3) is 2.76. The fourth-order valence-corrected chi connectivity index (χ4v) is 1.54. The van der Waals surface area contributed by atoms with E-state index >= 15 is 0 Å². The van der Waals surface area contributed by atoms with Gasteiger partial charge in [-0.3, -0.25) is 9.78 Å². The highest BCUT2D eigenvalue weighted by molar-refractivity contribution is 6.02. The lowest BCUT2D eigenvalue weighted by molar-refractivity contribution is 0.0918. The van der Waals surface area contributed by atoms with Crippen LogP contribution in [0.25, 0.3) is 0 Å². The number of nitrogens with zero attached hydrogens (tertiary/aromatic N) is 1. The maximum absolute atomic E-state index is 12.0. The number of hydrogen-bond donors (Lipinski definition) is 2. The second-order valence-electron chi connectivity index (χ2n) is 3.55. The van der Waals surface area contributed by atoms with Crippen LogP contribution in [-0.2, 0) is 0 Å². The summed E-state index contributed by atoms with van der Waals surface area (Å²) in [6.45, 7) is 2.39. The molecule has 0 aliphatic carbocycles. The molecule has 0 fully saturated rings. The normalized spacial score (nSPS) is 12.4. The highest BCUT2D eigenvalue weighted by Gasteiger charge is 2.19. The van der Waals surface area contributed by atoms with E-state index in [1.165, 1.54) is 6.20 Å². The van der Waals surface area contributed by atoms with Crippen molar-refractivity contribution < 1.29 is 4.79 Å². The van der Waals surface area contributed by atoms with Crippen molar-refractivity contribution in [1.82, 2.24) is 4.98 Å². The first-order valence-electron chi connectivity index (χ1n) is 5.14. The Labute approximate surface area is 89.7 Å². The molecule has 0 aromatic carbocycles. The van der Waals surface area contributed by atoms with Crippen LogP contribution < -0.4 is 11.5 Å². The van der Waals surface area contributed by atoms with E-state index in [1.807, 2.05) is 6.92 Å². The summed E-state index contributed by atoms with van der Waals surface area (Å²) in [6, 6.07) is 1.63. The van der Waals surface area contributed by atoms with Crippen molar-refractivity contribution in [2.45, 2.75) is 19.8 Å². The zero-order chi connectivity index (χ0) is 11.3. The predicted molar refractivity (Wildman–Crippen MR) is 60.4 cm³/mol. The van der Waals surface area contributed by atoms with Crippen molar-refractivity contribution >= 4 is 11.5 Å². The van der Waals surface area contributed by atoms with E-state index in [2.05, 4.69) is 4.98 Å². The largest absolute Gasteiger partial charge is 0.398 e. The maximum atomic E-state index is 12.0. The second-order valence-corrected chi connectivity index (χ2v) is 3.55. The highest BCUT2D eigenvalue weighted by Crippen LogP contribution is 2.17. The van der Waals surface area contributed by atoms with E-state index in [-0.39, 0.29) is 11.7 Å². The van der Waals surface area contributed by atoms with Gasteiger partial charge in [0.25, 0.3) is 0 Å². The molecular formula is C11H17N3O. The third-order valence-corrected chi connectivity index (χ3v) is 2.41. The zero-order valence-corrected chi connectivity index (χ0v) is 8.94. The fraction of sp³-hybridized carbons (Fsp3) is 0.455. The monoisotopic (exact) mass is 207 g/mol. The highest BCUT2D eigenvalue weighted by atomic mass is 16.1. The summed E-state index contributed by atoms with van der Waals surface area (Å²) < 4.78 is 0. The molecule has 82 valence electrons. The van der Waals surface area contributed by atoms with Gasteiger partial charge in [0, 0.05) is 30.5 Å². The van der Waals surface area contributed by atoms with Gasteiger partial charge in [-0.05, 0) is 12.5 Å². The van der Waals surface area contributed by atoms with E-state index in [1.54, 1.807) is 12.3 Å². The number of rotatable bonds is 5. The summed E-state index contributed by atoms with van der Waals surface area (Å²) in [7, 11) is 0. The van der Waals surface area contributed by atoms with Crippen molar-refractivity contribution in [2.24, 2.45) is 11.7 Å².